The number of halogens is 2. The number of likely N-dealkylation sites (tertiary alicyclic amines) is 1. The maximum atomic E-state index is 13.2. The predicted octanol–water partition coefficient (Wildman–Crippen LogP) is 3.02. The molecule has 0 aliphatic carbocycles. The minimum atomic E-state index is -0.180. The molecule has 2 rings (SSSR count). The molecule has 1 aliphatic rings. The minimum absolute atomic E-state index is 0.180. The van der Waals surface area contributed by atoms with Crippen LogP contribution in [0.2, 0.25) is 0 Å². The van der Waals surface area contributed by atoms with Crippen molar-refractivity contribution in [1.82, 2.24) is 10.2 Å². The van der Waals surface area contributed by atoms with E-state index in [2.05, 4.69) is 33.2 Å². The molecule has 0 spiro atoms. The lowest BCUT2D eigenvalue weighted by Gasteiger charge is -2.29. The molecule has 1 saturated heterocycles. The second-order valence-corrected chi connectivity index (χ2v) is 6.07. The third kappa shape index (κ3) is 4.34. The van der Waals surface area contributed by atoms with E-state index in [0.29, 0.717) is 0 Å². The van der Waals surface area contributed by atoms with Crippen LogP contribution in [-0.2, 0) is 6.54 Å². The molecule has 1 aromatic carbocycles. The molecule has 1 aromatic rings. The molecule has 0 atom stereocenters. The van der Waals surface area contributed by atoms with Crippen LogP contribution in [0.1, 0.15) is 18.4 Å². The van der Waals surface area contributed by atoms with Crippen molar-refractivity contribution in [2.75, 3.05) is 26.7 Å². The van der Waals surface area contributed by atoms with Crippen LogP contribution < -0.4 is 5.32 Å². The van der Waals surface area contributed by atoms with Crippen LogP contribution in [0.5, 0.6) is 0 Å². The van der Waals surface area contributed by atoms with Crippen LogP contribution in [0.3, 0.4) is 0 Å². The summed E-state index contributed by atoms with van der Waals surface area (Å²) in [5.74, 6) is 0.582. The van der Waals surface area contributed by atoms with Gasteiger partial charge in [-0.05, 0) is 69.2 Å². The Morgan fingerprint density at radius 2 is 2.06 bits per heavy atom. The van der Waals surface area contributed by atoms with E-state index in [1.807, 2.05) is 6.07 Å². The van der Waals surface area contributed by atoms with Crippen LogP contribution in [0.4, 0.5) is 4.39 Å². The predicted molar refractivity (Wildman–Crippen MR) is 76.0 cm³/mol. The van der Waals surface area contributed by atoms with Gasteiger partial charge in [-0.25, -0.2) is 4.39 Å². The minimum Gasteiger partial charge on any atom is -0.312 e. The van der Waals surface area contributed by atoms with Gasteiger partial charge in [-0.1, -0.05) is 15.9 Å². The number of benzene rings is 1. The van der Waals surface area contributed by atoms with E-state index in [1.165, 1.54) is 32.0 Å². The lowest BCUT2D eigenvalue weighted by Crippen LogP contribution is -2.34. The molecule has 0 unspecified atom stereocenters. The molecule has 1 N–H and O–H groups in total. The van der Waals surface area contributed by atoms with E-state index >= 15 is 0 Å². The zero-order valence-electron chi connectivity index (χ0n) is 10.8. The number of nitrogens with one attached hydrogen (secondary N) is 1. The SMILES string of the molecule is CN1CCC(CNCc2cc(F)cc(Br)c2)CC1. The van der Waals surface area contributed by atoms with E-state index in [1.54, 1.807) is 6.07 Å². The first kappa shape index (κ1) is 14.0. The standard InChI is InChI=1S/C14H20BrFN2/c1-18-4-2-11(3-5-18)9-17-10-12-6-13(15)8-14(16)7-12/h6-8,11,17H,2-5,9-10H2,1H3. The number of hydrogen-bond donors (Lipinski definition) is 1. The Bertz CT molecular complexity index is 369. The van der Waals surface area contributed by atoms with Crippen molar-refractivity contribution in [2.24, 2.45) is 5.92 Å². The third-order valence-corrected chi connectivity index (χ3v) is 3.98. The second kappa shape index (κ2) is 6.64. The zero-order valence-corrected chi connectivity index (χ0v) is 12.3. The highest BCUT2D eigenvalue weighted by molar-refractivity contribution is 9.10. The number of nitrogens with zero attached hydrogens (tertiary/aromatic N) is 1. The van der Waals surface area contributed by atoms with Crippen LogP contribution in [0, 0.1) is 11.7 Å². The Hall–Kier alpha value is -0.450. The molecule has 0 amide bonds. The smallest absolute Gasteiger partial charge is 0.124 e. The van der Waals surface area contributed by atoms with Crippen molar-refractivity contribution in [3.05, 3.63) is 34.1 Å². The highest BCUT2D eigenvalue weighted by Gasteiger charge is 2.15. The van der Waals surface area contributed by atoms with Crippen LogP contribution in [0.25, 0.3) is 0 Å². The van der Waals surface area contributed by atoms with Crippen molar-refractivity contribution >= 4 is 15.9 Å². The van der Waals surface area contributed by atoms with Crippen LogP contribution >= 0.6 is 15.9 Å². The number of hydrogen-bond acceptors (Lipinski definition) is 2. The van der Waals surface area contributed by atoms with Gasteiger partial charge in [-0.15, -0.1) is 0 Å². The van der Waals surface area contributed by atoms with E-state index in [-0.39, 0.29) is 5.82 Å². The monoisotopic (exact) mass is 314 g/mol. The molecule has 4 heteroatoms. The van der Waals surface area contributed by atoms with Gasteiger partial charge in [0.1, 0.15) is 5.82 Å². The van der Waals surface area contributed by atoms with E-state index in [0.717, 1.165) is 29.0 Å². The van der Waals surface area contributed by atoms with Gasteiger partial charge in [0.15, 0.2) is 0 Å². The molecule has 0 radical (unpaired) electrons. The first-order valence-electron chi connectivity index (χ1n) is 6.48. The molecular formula is C14H20BrFN2. The fourth-order valence-corrected chi connectivity index (χ4v) is 2.91. The van der Waals surface area contributed by atoms with Crippen molar-refractivity contribution < 1.29 is 4.39 Å². The first-order chi connectivity index (χ1) is 8.63. The summed E-state index contributed by atoms with van der Waals surface area (Å²) in [7, 11) is 2.17. The van der Waals surface area contributed by atoms with Crippen LogP contribution in [-0.4, -0.2) is 31.6 Å². The molecule has 0 bridgehead atoms. The Kier molecular flexibility index (Phi) is 5.15. The molecular weight excluding hydrogens is 295 g/mol. The van der Waals surface area contributed by atoms with Crippen molar-refractivity contribution in [3.8, 4) is 0 Å². The van der Waals surface area contributed by atoms with E-state index in [9.17, 15) is 4.39 Å². The maximum absolute atomic E-state index is 13.2. The van der Waals surface area contributed by atoms with Crippen molar-refractivity contribution in [2.45, 2.75) is 19.4 Å². The molecule has 2 nitrogen and oxygen atoms in total. The van der Waals surface area contributed by atoms with E-state index < -0.39 is 0 Å². The van der Waals surface area contributed by atoms with Gasteiger partial charge in [0.05, 0.1) is 0 Å². The third-order valence-electron chi connectivity index (χ3n) is 3.52. The quantitative estimate of drug-likeness (QED) is 0.919. The highest BCUT2D eigenvalue weighted by atomic mass is 79.9. The summed E-state index contributed by atoms with van der Waals surface area (Å²) in [5.41, 5.74) is 0.995. The number of piperidine rings is 1. The summed E-state index contributed by atoms with van der Waals surface area (Å²) in [5, 5.41) is 3.43. The largest absolute Gasteiger partial charge is 0.312 e. The molecule has 1 heterocycles. The summed E-state index contributed by atoms with van der Waals surface area (Å²) >= 11 is 3.31. The topological polar surface area (TPSA) is 15.3 Å². The van der Waals surface area contributed by atoms with Crippen molar-refractivity contribution in [1.29, 1.82) is 0 Å². The Labute approximate surface area is 117 Å². The van der Waals surface area contributed by atoms with Gasteiger partial charge < -0.3 is 10.2 Å². The van der Waals surface area contributed by atoms with Gasteiger partial charge in [-0.3, -0.25) is 0 Å². The summed E-state index contributed by atoms with van der Waals surface area (Å²) in [4.78, 5) is 2.38. The Balaban J connectivity index is 1.74. The summed E-state index contributed by atoms with van der Waals surface area (Å²) in [6.07, 6.45) is 2.52. The fraction of sp³-hybridized carbons (Fsp3) is 0.571. The molecule has 18 heavy (non-hydrogen) atoms. The van der Waals surface area contributed by atoms with Gasteiger partial charge in [-0.2, -0.15) is 0 Å². The molecule has 100 valence electrons. The highest BCUT2D eigenvalue weighted by Crippen LogP contribution is 2.16. The van der Waals surface area contributed by atoms with Gasteiger partial charge in [0.25, 0.3) is 0 Å². The molecule has 0 aromatic heterocycles. The number of rotatable bonds is 4. The zero-order chi connectivity index (χ0) is 13.0. The van der Waals surface area contributed by atoms with E-state index in [4.69, 9.17) is 0 Å². The molecule has 1 fully saturated rings. The first-order valence-corrected chi connectivity index (χ1v) is 7.27. The summed E-state index contributed by atoms with van der Waals surface area (Å²) in [6, 6.07) is 5.04. The second-order valence-electron chi connectivity index (χ2n) is 5.16. The molecule has 1 aliphatic heterocycles. The normalized spacial score (nSPS) is 18.2. The molecule has 0 saturated carbocycles. The fourth-order valence-electron chi connectivity index (χ4n) is 2.40. The Morgan fingerprint density at radius 1 is 1.33 bits per heavy atom. The summed E-state index contributed by atoms with van der Waals surface area (Å²) in [6.45, 7) is 4.15. The average molecular weight is 315 g/mol. The lowest BCUT2D eigenvalue weighted by atomic mass is 9.97. The Morgan fingerprint density at radius 3 is 2.72 bits per heavy atom. The lowest BCUT2D eigenvalue weighted by molar-refractivity contribution is 0.216. The van der Waals surface area contributed by atoms with Gasteiger partial charge >= 0.3 is 0 Å². The van der Waals surface area contributed by atoms with Gasteiger partial charge in [0, 0.05) is 11.0 Å². The van der Waals surface area contributed by atoms with Crippen molar-refractivity contribution in [3.63, 3.8) is 0 Å². The summed E-state index contributed by atoms with van der Waals surface area (Å²) < 4.78 is 14.0. The maximum Gasteiger partial charge on any atom is 0.124 e. The van der Waals surface area contributed by atoms with Crippen LogP contribution in [0.15, 0.2) is 22.7 Å². The van der Waals surface area contributed by atoms with Gasteiger partial charge in [0.2, 0.25) is 0 Å². The average Bonchev–Trinajstić information content (AvgIpc) is 2.30.